The molecule has 2 aliphatic heterocycles. The summed E-state index contributed by atoms with van der Waals surface area (Å²) in [5.74, 6) is 0.116. The van der Waals surface area contributed by atoms with Crippen LogP contribution >= 0.6 is 0 Å². The van der Waals surface area contributed by atoms with Crippen LogP contribution in [-0.4, -0.2) is 60.0 Å². The van der Waals surface area contributed by atoms with E-state index in [2.05, 4.69) is 10.2 Å². The number of alkyl halides is 3. The van der Waals surface area contributed by atoms with Gasteiger partial charge in [0.25, 0.3) is 0 Å². The Hall–Kier alpha value is -1.60. The lowest BCUT2D eigenvalue weighted by atomic mass is 9.87. The molecule has 1 aromatic carbocycles. The fourth-order valence-corrected chi connectivity index (χ4v) is 4.94. The summed E-state index contributed by atoms with van der Waals surface area (Å²) in [5, 5.41) is 3.41. The van der Waals surface area contributed by atoms with E-state index < -0.39 is 17.3 Å². The Kier molecular flexibility index (Phi) is 5.89. The molecule has 3 fully saturated rings. The number of hydrogen-bond acceptors (Lipinski definition) is 3. The number of rotatable bonds is 4. The molecule has 1 saturated carbocycles. The first-order chi connectivity index (χ1) is 13.9. The van der Waals surface area contributed by atoms with Gasteiger partial charge in [0.1, 0.15) is 5.54 Å². The van der Waals surface area contributed by atoms with E-state index in [0.717, 1.165) is 69.7 Å². The van der Waals surface area contributed by atoms with E-state index in [4.69, 9.17) is 0 Å². The molecule has 4 rings (SSSR count). The van der Waals surface area contributed by atoms with Gasteiger partial charge in [-0.15, -0.1) is 0 Å². The van der Waals surface area contributed by atoms with Gasteiger partial charge in [-0.3, -0.25) is 9.69 Å². The molecule has 29 heavy (non-hydrogen) atoms. The molecule has 0 unspecified atom stereocenters. The van der Waals surface area contributed by atoms with E-state index in [0.29, 0.717) is 12.5 Å². The smallest absolute Gasteiger partial charge is 0.340 e. The Labute approximate surface area is 170 Å². The van der Waals surface area contributed by atoms with Crippen LogP contribution in [0.2, 0.25) is 0 Å². The molecule has 3 aliphatic rings. The third-order valence-corrected chi connectivity index (χ3v) is 6.85. The first-order valence-electron chi connectivity index (χ1n) is 10.8. The molecule has 0 radical (unpaired) electrons. The molecular formula is C22H30F3N3O. The van der Waals surface area contributed by atoms with Crippen LogP contribution in [0.5, 0.6) is 0 Å². The van der Waals surface area contributed by atoms with Crippen LogP contribution in [0.3, 0.4) is 0 Å². The Morgan fingerprint density at radius 2 is 1.79 bits per heavy atom. The summed E-state index contributed by atoms with van der Waals surface area (Å²) in [6, 6.07) is 5.95. The summed E-state index contributed by atoms with van der Waals surface area (Å²) in [4.78, 5) is 18.0. The van der Waals surface area contributed by atoms with Crippen LogP contribution in [0.25, 0.3) is 0 Å². The summed E-state index contributed by atoms with van der Waals surface area (Å²) in [5.41, 5.74) is -0.568. The fourth-order valence-electron chi connectivity index (χ4n) is 4.94. The SMILES string of the molecule is O=C(N1CCCN(C2CCC2)CC1)[C@@]1(Cc2ccc(C(F)(F)F)cc2)CCCN1. The third-order valence-electron chi connectivity index (χ3n) is 6.85. The van der Waals surface area contributed by atoms with Crippen molar-refractivity contribution in [1.29, 1.82) is 0 Å². The molecule has 7 heteroatoms. The maximum atomic E-state index is 13.5. The first-order valence-corrected chi connectivity index (χ1v) is 10.8. The van der Waals surface area contributed by atoms with Gasteiger partial charge < -0.3 is 10.2 Å². The zero-order valence-corrected chi connectivity index (χ0v) is 16.8. The molecular weight excluding hydrogens is 379 g/mol. The summed E-state index contributed by atoms with van der Waals surface area (Å²) in [7, 11) is 0. The first kappa shape index (κ1) is 20.7. The van der Waals surface area contributed by atoms with Crippen LogP contribution in [0.1, 0.15) is 49.7 Å². The second-order valence-electron chi connectivity index (χ2n) is 8.75. The van der Waals surface area contributed by atoms with E-state index in [-0.39, 0.29) is 5.91 Å². The second-order valence-corrected chi connectivity index (χ2v) is 8.75. The van der Waals surface area contributed by atoms with Crippen LogP contribution in [0, 0.1) is 0 Å². The van der Waals surface area contributed by atoms with Gasteiger partial charge >= 0.3 is 6.18 Å². The van der Waals surface area contributed by atoms with Crippen molar-refractivity contribution in [3.8, 4) is 0 Å². The molecule has 1 aliphatic carbocycles. The molecule has 1 aromatic rings. The van der Waals surface area contributed by atoms with Crippen molar-refractivity contribution in [2.24, 2.45) is 0 Å². The topological polar surface area (TPSA) is 35.6 Å². The summed E-state index contributed by atoms with van der Waals surface area (Å²) >= 11 is 0. The van der Waals surface area contributed by atoms with Crippen molar-refractivity contribution in [2.75, 3.05) is 32.7 Å². The predicted molar refractivity (Wildman–Crippen MR) is 106 cm³/mol. The highest BCUT2D eigenvalue weighted by Gasteiger charge is 2.44. The zero-order valence-electron chi connectivity index (χ0n) is 16.8. The highest BCUT2D eigenvalue weighted by atomic mass is 19.4. The molecule has 2 saturated heterocycles. The van der Waals surface area contributed by atoms with Crippen LogP contribution in [0.15, 0.2) is 24.3 Å². The molecule has 0 aromatic heterocycles. The maximum absolute atomic E-state index is 13.5. The van der Waals surface area contributed by atoms with Crippen molar-refractivity contribution < 1.29 is 18.0 Å². The minimum atomic E-state index is -4.34. The van der Waals surface area contributed by atoms with Gasteiger partial charge in [-0.2, -0.15) is 13.2 Å². The number of hydrogen-bond donors (Lipinski definition) is 1. The summed E-state index contributed by atoms with van der Waals surface area (Å²) < 4.78 is 38.6. The lowest BCUT2D eigenvalue weighted by Gasteiger charge is -2.37. The lowest BCUT2D eigenvalue weighted by Crippen LogP contribution is -2.57. The zero-order chi connectivity index (χ0) is 20.5. The van der Waals surface area contributed by atoms with Crippen molar-refractivity contribution >= 4 is 5.91 Å². The number of amides is 1. The van der Waals surface area contributed by atoms with Crippen LogP contribution in [0.4, 0.5) is 13.2 Å². The molecule has 1 N–H and O–H groups in total. The van der Waals surface area contributed by atoms with Crippen molar-refractivity contribution in [3.05, 3.63) is 35.4 Å². The van der Waals surface area contributed by atoms with Gasteiger partial charge in [-0.25, -0.2) is 0 Å². The Morgan fingerprint density at radius 1 is 1.03 bits per heavy atom. The molecule has 0 spiro atoms. The molecule has 160 valence electrons. The fraction of sp³-hybridized carbons (Fsp3) is 0.682. The standard InChI is InChI=1S/C22H30F3N3O/c23-22(24,25)18-8-6-17(7-9-18)16-21(10-2-11-26-21)20(29)28-13-3-12-27(14-15-28)19-4-1-5-19/h6-9,19,26H,1-5,10-16H2/t21-/m0/s1. The van der Waals surface area contributed by atoms with Gasteiger partial charge in [-0.1, -0.05) is 18.6 Å². The highest BCUT2D eigenvalue weighted by molar-refractivity contribution is 5.87. The summed E-state index contributed by atoms with van der Waals surface area (Å²) in [6.07, 6.45) is 2.58. The Balaban J connectivity index is 1.45. The van der Waals surface area contributed by atoms with Gasteiger partial charge in [-0.05, 0) is 62.8 Å². The van der Waals surface area contributed by atoms with E-state index >= 15 is 0 Å². The maximum Gasteiger partial charge on any atom is 0.416 e. The molecule has 0 bridgehead atoms. The molecule has 2 heterocycles. The quantitative estimate of drug-likeness (QED) is 0.827. The average molecular weight is 409 g/mol. The number of carbonyl (C=O) groups is 1. The van der Waals surface area contributed by atoms with E-state index in [1.165, 1.54) is 31.4 Å². The Morgan fingerprint density at radius 3 is 2.38 bits per heavy atom. The number of benzene rings is 1. The van der Waals surface area contributed by atoms with E-state index in [1.54, 1.807) is 0 Å². The van der Waals surface area contributed by atoms with Crippen molar-refractivity contribution in [2.45, 2.75) is 62.7 Å². The Bertz CT molecular complexity index is 709. The largest absolute Gasteiger partial charge is 0.416 e. The minimum Gasteiger partial charge on any atom is -0.340 e. The van der Waals surface area contributed by atoms with Gasteiger partial charge in [0.15, 0.2) is 0 Å². The third kappa shape index (κ3) is 4.45. The predicted octanol–water partition coefficient (Wildman–Crippen LogP) is 3.46. The highest BCUT2D eigenvalue weighted by Crippen LogP contribution is 2.32. The molecule has 4 nitrogen and oxygen atoms in total. The van der Waals surface area contributed by atoms with E-state index in [9.17, 15) is 18.0 Å². The normalized spacial score (nSPS) is 26.9. The van der Waals surface area contributed by atoms with Crippen LogP contribution in [-0.2, 0) is 17.4 Å². The number of carbonyl (C=O) groups excluding carboxylic acids is 1. The van der Waals surface area contributed by atoms with Crippen molar-refractivity contribution in [1.82, 2.24) is 15.1 Å². The molecule has 1 amide bonds. The minimum absolute atomic E-state index is 0.116. The van der Waals surface area contributed by atoms with Crippen molar-refractivity contribution in [3.63, 3.8) is 0 Å². The van der Waals surface area contributed by atoms with Gasteiger partial charge in [0.2, 0.25) is 5.91 Å². The van der Waals surface area contributed by atoms with Crippen LogP contribution < -0.4 is 5.32 Å². The lowest BCUT2D eigenvalue weighted by molar-refractivity contribution is -0.138. The van der Waals surface area contributed by atoms with Gasteiger partial charge in [0, 0.05) is 32.2 Å². The number of halogens is 3. The number of nitrogens with one attached hydrogen (secondary N) is 1. The summed E-state index contributed by atoms with van der Waals surface area (Å²) in [6.45, 7) is 4.25. The van der Waals surface area contributed by atoms with Gasteiger partial charge in [0.05, 0.1) is 5.56 Å². The molecule has 1 atom stereocenters. The second kappa shape index (κ2) is 8.26. The number of nitrogens with zero attached hydrogens (tertiary/aromatic N) is 2. The monoisotopic (exact) mass is 409 g/mol. The van der Waals surface area contributed by atoms with E-state index in [1.807, 2.05) is 4.90 Å². The average Bonchev–Trinajstić information content (AvgIpc) is 2.99.